The predicted molar refractivity (Wildman–Crippen MR) is 98.8 cm³/mol. The Morgan fingerprint density at radius 3 is 2.84 bits per heavy atom. The lowest BCUT2D eigenvalue weighted by Gasteiger charge is -2.33. The summed E-state index contributed by atoms with van der Waals surface area (Å²) in [6.45, 7) is 8.32. The molecule has 2 saturated heterocycles. The van der Waals surface area contributed by atoms with Crippen molar-refractivity contribution < 1.29 is 13.2 Å². The van der Waals surface area contributed by atoms with Crippen LogP contribution in [0.3, 0.4) is 0 Å². The molecule has 142 valence electrons. The van der Waals surface area contributed by atoms with Crippen molar-refractivity contribution in [3.63, 3.8) is 0 Å². The molecule has 25 heavy (non-hydrogen) atoms. The highest BCUT2D eigenvalue weighted by molar-refractivity contribution is 7.99. The van der Waals surface area contributed by atoms with Gasteiger partial charge in [-0.3, -0.25) is 4.90 Å². The highest BCUT2D eigenvalue weighted by Gasteiger charge is 2.32. The van der Waals surface area contributed by atoms with Gasteiger partial charge in [-0.05, 0) is 12.3 Å². The van der Waals surface area contributed by atoms with Gasteiger partial charge >= 0.3 is 0 Å². The van der Waals surface area contributed by atoms with E-state index < -0.39 is 9.84 Å². The number of aromatic nitrogens is 3. The van der Waals surface area contributed by atoms with Crippen molar-refractivity contribution in [3.8, 4) is 0 Å². The zero-order valence-electron chi connectivity index (χ0n) is 15.2. The minimum absolute atomic E-state index is 0.0238. The van der Waals surface area contributed by atoms with E-state index in [1.165, 1.54) is 0 Å². The van der Waals surface area contributed by atoms with E-state index in [0.717, 1.165) is 43.0 Å². The number of ether oxygens (including phenoxy) is 1. The van der Waals surface area contributed by atoms with Gasteiger partial charge in [-0.25, -0.2) is 8.42 Å². The third kappa shape index (κ3) is 4.96. The molecule has 1 aromatic heterocycles. The topological polar surface area (TPSA) is 77.3 Å². The molecule has 0 aromatic carbocycles. The van der Waals surface area contributed by atoms with Crippen molar-refractivity contribution in [1.82, 2.24) is 19.7 Å². The normalized spacial score (nSPS) is 27.2. The maximum Gasteiger partial charge on any atom is 0.191 e. The van der Waals surface area contributed by atoms with Gasteiger partial charge in [0, 0.05) is 38.4 Å². The Labute approximate surface area is 154 Å². The number of sulfone groups is 1. The van der Waals surface area contributed by atoms with Crippen LogP contribution >= 0.6 is 11.8 Å². The lowest BCUT2D eigenvalue weighted by atomic mass is 10.1. The van der Waals surface area contributed by atoms with Crippen LogP contribution in [-0.4, -0.2) is 77.7 Å². The van der Waals surface area contributed by atoms with Gasteiger partial charge in [0.1, 0.15) is 5.82 Å². The number of hydrogen-bond donors (Lipinski definition) is 0. The first kappa shape index (κ1) is 19.1. The van der Waals surface area contributed by atoms with Crippen molar-refractivity contribution in [2.75, 3.05) is 43.5 Å². The molecule has 0 unspecified atom stereocenters. The zero-order valence-corrected chi connectivity index (χ0v) is 16.9. The van der Waals surface area contributed by atoms with Gasteiger partial charge in [0.05, 0.1) is 24.2 Å². The molecule has 9 heteroatoms. The van der Waals surface area contributed by atoms with Crippen LogP contribution in [0, 0.1) is 5.92 Å². The second-order valence-electron chi connectivity index (χ2n) is 7.46. The van der Waals surface area contributed by atoms with Crippen molar-refractivity contribution in [1.29, 1.82) is 0 Å². The van der Waals surface area contributed by atoms with Crippen molar-refractivity contribution >= 4 is 21.6 Å². The third-order valence-corrected chi connectivity index (χ3v) is 7.63. The zero-order chi connectivity index (χ0) is 18.0. The molecule has 0 spiro atoms. The molecule has 7 nitrogen and oxygen atoms in total. The molecule has 3 rings (SSSR count). The summed E-state index contributed by atoms with van der Waals surface area (Å²) in [6.07, 6.45) is 0.846. The number of hydrogen-bond acceptors (Lipinski definition) is 7. The van der Waals surface area contributed by atoms with E-state index >= 15 is 0 Å². The van der Waals surface area contributed by atoms with Gasteiger partial charge in [0.15, 0.2) is 15.0 Å². The fraction of sp³-hybridized carbons (Fsp3) is 0.875. The monoisotopic (exact) mass is 388 g/mol. The van der Waals surface area contributed by atoms with E-state index in [2.05, 4.69) is 28.9 Å². The van der Waals surface area contributed by atoms with Crippen LogP contribution in [0.15, 0.2) is 5.16 Å². The molecular formula is C16H28N4O3S2. The Kier molecular flexibility index (Phi) is 6.07. The van der Waals surface area contributed by atoms with Crippen molar-refractivity contribution in [3.05, 3.63) is 5.82 Å². The van der Waals surface area contributed by atoms with Crippen molar-refractivity contribution in [2.24, 2.45) is 13.0 Å². The Morgan fingerprint density at radius 2 is 2.16 bits per heavy atom. The average molecular weight is 389 g/mol. The standard InChI is InChI=1S/C16H28N4O3S2/c1-12(2)8-20-5-6-23-14(9-20)10-24-16-18-17-15(19(16)3)13-4-7-25(21,22)11-13/h12-14H,4-11H2,1-3H3/t13-,14+/m1/s1. The summed E-state index contributed by atoms with van der Waals surface area (Å²) in [5.74, 6) is 2.71. The smallest absolute Gasteiger partial charge is 0.191 e. The molecule has 0 N–H and O–H groups in total. The fourth-order valence-electron chi connectivity index (χ4n) is 3.54. The molecule has 2 aliphatic heterocycles. The summed E-state index contributed by atoms with van der Waals surface area (Å²) in [6, 6.07) is 0. The van der Waals surface area contributed by atoms with Crippen LogP contribution in [0.1, 0.15) is 32.0 Å². The molecule has 0 saturated carbocycles. The predicted octanol–water partition coefficient (Wildman–Crippen LogP) is 1.17. The first-order valence-electron chi connectivity index (χ1n) is 8.90. The number of nitrogens with zero attached hydrogens (tertiary/aromatic N) is 4. The van der Waals surface area contributed by atoms with E-state index in [-0.39, 0.29) is 23.5 Å². The van der Waals surface area contributed by atoms with Gasteiger partial charge in [0.2, 0.25) is 0 Å². The molecule has 2 atom stereocenters. The molecule has 0 amide bonds. The Morgan fingerprint density at radius 1 is 1.36 bits per heavy atom. The minimum Gasteiger partial charge on any atom is -0.375 e. The molecular weight excluding hydrogens is 360 g/mol. The summed E-state index contributed by atoms with van der Waals surface area (Å²) < 4.78 is 31.2. The first-order chi connectivity index (χ1) is 11.8. The number of rotatable bonds is 6. The van der Waals surface area contributed by atoms with E-state index in [1.54, 1.807) is 11.8 Å². The largest absolute Gasteiger partial charge is 0.375 e. The summed E-state index contributed by atoms with van der Waals surface area (Å²) >= 11 is 1.64. The molecule has 2 aliphatic rings. The Bertz CT molecular complexity index is 690. The lowest BCUT2D eigenvalue weighted by molar-refractivity contribution is -0.0191. The van der Waals surface area contributed by atoms with Gasteiger partial charge in [0.25, 0.3) is 0 Å². The first-order valence-corrected chi connectivity index (χ1v) is 11.7. The molecule has 1 aromatic rings. The van der Waals surface area contributed by atoms with Crippen LogP contribution in [0.25, 0.3) is 0 Å². The Balaban J connectivity index is 1.55. The summed E-state index contributed by atoms with van der Waals surface area (Å²) in [5, 5.41) is 9.37. The summed E-state index contributed by atoms with van der Waals surface area (Å²) in [4.78, 5) is 2.46. The van der Waals surface area contributed by atoms with Crippen LogP contribution in [-0.2, 0) is 21.6 Å². The second-order valence-corrected chi connectivity index (χ2v) is 10.7. The van der Waals surface area contributed by atoms with Crippen LogP contribution < -0.4 is 0 Å². The average Bonchev–Trinajstić information content (AvgIpc) is 3.07. The van der Waals surface area contributed by atoms with E-state index in [1.807, 2.05) is 11.6 Å². The van der Waals surface area contributed by atoms with E-state index in [0.29, 0.717) is 12.3 Å². The maximum absolute atomic E-state index is 11.7. The maximum atomic E-state index is 11.7. The van der Waals surface area contributed by atoms with Gasteiger partial charge in [-0.1, -0.05) is 25.6 Å². The van der Waals surface area contributed by atoms with Gasteiger partial charge in [-0.15, -0.1) is 10.2 Å². The van der Waals surface area contributed by atoms with E-state index in [9.17, 15) is 8.42 Å². The number of thioether (sulfide) groups is 1. The molecule has 0 aliphatic carbocycles. The van der Waals surface area contributed by atoms with Gasteiger partial charge < -0.3 is 9.30 Å². The third-order valence-electron chi connectivity index (χ3n) is 4.71. The number of morpholine rings is 1. The highest BCUT2D eigenvalue weighted by atomic mass is 32.2. The highest BCUT2D eigenvalue weighted by Crippen LogP contribution is 2.29. The van der Waals surface area contributed by atoms with Crippen LogP contribution in [0.5, 0.6) is 0 Å². The van der Waals surface area contributed by atoms with E-state index in [4.69, 9.17) is 4.74 Å². The fourth-order valence-corrected chi connectivity index (χ4v) is 6.20. The van der Waals surface area contributed by atoms with Crippen LogP contribution in [0.2, 0.25) is 0 Å². The SMILES string of the molecule is CC(C)CN1CCO[C@H](CSc2nnc([C@@H]3CCS(=O)(=O)C3)n2C)C1. The summed E-state index contributed by atoms with van der Waals surface area (Å²) in [7, 11) is -0.984. The molecule has 0 bridgehead atoms. The minimum atomic E-state index is -2.91. The Hall–Kier alpha value is -0.640. The van der Waals surface area contributed by atoms with Gasteiger partial charge in [-0.2, -0.15) is 0 Å². The molecule has 3 heterocycles. The molecule has 2 fully saturated rings. The van der Waals surface area contributed by atoms with Crippen molar-refractivity contribution in [2.45, 2.75) is 37.4 Å². The summed E-state index contributed by atoms with van der Waals surface area (Å²) in [5.41, 5.74) is 0. The lowest BCUT2D eigenvalue weighted by Crippen LogP contribution is -2.44. The second kappa shape index (κ2) is 7.94. The quantitative estimate of drug-likeness (QED) is 0.677. The van der Waals surface area contributed by atoms with Crippen LogP contribution in [0.4, 0.5) is 0 Å². The molecule has 0 radical (unpaired) electrons.